The van der Waals surface area contributed by atoms with E-state index in [1.54, 1.807) is 0 Å². The monoisotopic (exact) mass is 1040 g/mol. The van der Waals surface area contributed by atoms with Crippen molar-refractivity contribution in [2.45, 2.75) is 156 Å². The Balaban J connectivity index is 0.000000165. The molecule has 0 aliphatic carbocycles. The molecule has 6 atom stereocenters. The minimum atomic E-state index is -0.845. The molecule has 4 unspecified atom stereocenters. The first-order chi connectivity index (χ1) is 37.5. The van der Waals surface area contributed by atoms with Crippen molar-refractivity contribution in [3.8, 4) is 0 Å². The van der Waals surface area contributed by atoms with Gasteiger partial charge in [0.15, 0.2) is 0 Å². The van der Waals surface area contributed by atoms with Crippen molar-refractivity contribution in [1.82, 2.24) is 39.8 Å². The van der Waals surface area contributed by atoms with Crippen LogP contribution in [0.15, 0.2) is 97.1 Å². The highest BCUT2D eigenvalue weighted by Crippen LogP contribution is 2.48. The smallest absolute Gasteiger partial charge is 0.304 e. The van der Waals surface area contributed by atoms with Crippen LogP contribution < -0.4 is 0 Å². The number of rotatable bonds is 12. The summed E-state index contributed by atoms with van der Waals surface area (Å²) in [4.78, 5) is 55.8. The molecule has 6 heterocycles. The summed E-state index contributed by atoms with van der Waals surface area (Å²) in [6.07, 6.45) is 5.42. The van der Waals surface area contributed by atoms with Crippen LogP contribution in [0.4, 0.5) is 0 Å². The average molecular weight is 1050 g/mol. The van der Waals surface area contributed by atoms with E-state index in [2.05, 4.69) is 80.7 Å². The molecule has 2 saturated heterocycles. The van der Waals surface area contributed by atoms with Crippen LogP contribution in [0.1, 0.15) is 175 Å². The summed E-state index contributed by atoms with van der Waals surface area (Å²) in [6, 6.07) is 33.2. The van der Waals surface area contributed by atoms with Gasteiger partial charge >= 0.3 is 11.9 Å². The number of benzene rings is 6. The number of aliphatic carboxylic acids is 2. The highest BCUT2D eigenvalue weighted by Gasteiger charge is 2.45. The van der Waals surface area contributed by atoms with Crippen LogP contribution in [-0.4, -0.2) is 85.8 Å². The Labute approximate surface area is 455 Å². The van der Waals surface area contributed by atoms with E-state index in [9.17, 15) is 29.4 Å². The van der Waals surface area contributed by atoms with Gasteiger partial charge in [0.2, 0.25) is 0 Å². The number of carboxylic acids is 2. The van der Waals surface area contributed by atoms with E-state index in [-0.39, 0.29) is 60.7 Å². The van der Waals surface area contributed by atoms with Gasteiger partial charge in [-0.1, -0.05) is 71.1 Å². The maximum absolute atomic E-state index is 13.7. The van der Waals surface area contributed by atoms with Gasteiger partial charge in [0, 0.05) is 48.1 Å². The molecule has 2 aromatic heterocycles. The molecule has 2 fully saturated rings. The number of amides is 2. The normalized spacial score (nSPS) is 18.8. The molecule has 0 radical (unpaired) electrons. The first kappa shape index (κ1) is 52.1. The number of fused-ring (bicyclic) bond motifs is 10. The van der Waals surface area contributed by atoms with Gasteiger partial charge in [-0.15, -0.1) is 10.2 Å². The molecule has 8 aromatic rings. The summed E-state index contributed by atoms with van der Waals surface area (Å²) < 4.78 is 3.71. The third kappa shape index (κ3) is 9.22. The summed E-state index contributed by atoms with van der Waals surface area (Å²) in [5.74, 6) is -2.17. The highest BCUT2D eigenvalue weighted by atomic mass is 16.4. The molecular formula is C64H68N8O6. The molecule has 4 aliphatic rings. The fourth-order valence-electron chi connectivity index (χ4n) is 13.4. The van der Waals surface area contributed by atoms with Gasteiger partial charge in [-0.25, -0.2) is 9.36 Å². The molecule has 0 spiro atoms. The van der Waals surface area contributed by atoms with Crippen LogP contribution in [0.2, 0.25) is 0 Å². The van der Waals surface area contributed by atoms with Crippen LogP contribution in [-0.2, 0) is 35.5 Å². The molecule has 2 amide bonds. The van der Waals surface area contributed by atoms with Crippen molar-refractivity contribution in [2.24, 2.45) is 0 Å². The van der Waals surface area contributed by atoms with Crippen LogP contribution >= 0.6 is 0 Å². The zero-order valence-electron chi connectivity index (χ0n) is 45.9. The summed E-state index contributed by atoms with van der Waals surface area (Å²) in [6.45, 7) is 17.7. The Kier molecular flexibility index (Phi) is 13.9. The van der Waals surface area contributed by atoms with Crippen molar-refractivity contribution in [3.05, 3.63) is 186 Å². The maximum Gasteiger partial charge on any atom is 0.304 e. The summed E-state index contributed by atoms with van der Waals surface area (Å²) in [5, 5.41) is 37.1. The van der Waals surface area contributed by atoms with Gasteiger partial charge in [-0.3, -0.25) is 19.2 Å². The first-order valence-electron chi connectivity index (χ1n) is 27.7. The quantitative estimate of drug-likeness (QED) is 0.120. The lowest BCUT2D eigenvalue weighted by Gasteiger charge is -2.37. The number of hydrogen-bond acceptors (Lipinski definition) is 8. The van der Waals surface area contributed by atoms with E-state index < -0.39 is 11.9 Å². The van der Waals surface area contributed by atoms with Gasteiger partial charge in [0.1, 0.15) is 11.0 Å². The molecule has 12 rings (SSSR count). The van der Waals surface area contributed by atoms with Gasteiger partial charge in [-0.05, 0) is 208 Å². The van der Waals surface area contributed by atoms with Crippen molar-refractivity contribution in [1.29, 1.82) is 0 Å². The third-order valence-electron chi connectivity index (χ3n) is 17.8. The Morgan fingerprint density at radius 3 is 1.29 bits per heavy atom. The number of carbonyl (C=O) groups is 4. The zero-order chi connectivity index (χ0) is 54.8. The van der Waals surface area contributed by atoms with Crippen molar-refractivity contribution in [2.75, 3.05) is 0 Å². The van der Waals surface area contributed by atoms with E-state index in [0.29, 0.717) is 0 Å². The Bertz CT molecular complexity index is 3480. The molecule has 0 saturated carbocycles. The summed E-state index contributed by atoms with van der Waals surface area (Å²) in [7, 11) is 0. The summed E-state index contributed by atoms with van der Waals surface area (Å²) >= 11 is 0. The second-order valence-electron chi connectivity index (χ2n) is 22.2. The van der Waals surface area contributed by atoms with Crippen molar-refractivity contribution >= 4 is 45.8 Å². The van der Waals surface area contributed by atoms with Gasteiger partial charge in [0.25, 0.3) is 11.8 Å². The number of carbonyl (C=O) groups excluding carboxylic acids is 2. The predicted octanol–water partition coefficient (Wildman–Crippen LogP) is 11.8. The van der Waals surface area contributed by atoms with E-state index in [1.165, 1.54) is 22.3 Å². The topological polar surface area (TPSA) is 177 Å². The van der Waals surface area contributed by atoms with E-state index in [0.717, 1.165) is 140 Å². The van der Waals surface area contributed by atoms with Crippen molar-refractivity contribution in [3.63, 3.8) is 0 Å². The number of nitrogens with zero attached hydrogens (tertiary/aromatic N) is 8. The predicted molar refractivity (Wildman–Crippen MR) is 300 cm³/mol. The minimum Gasteiger partial charge on any atom is -0.481 e. The summed E-state index contributed by atoms with van der Waals surface area (Å²) in [5.41, 5.74) is 20.2. The third-order valence-corrected chi connectivity index (χ3v) is 17.8. The molecule has 14 heteroatoms. The molecule has 6 aromatic carbocycles. The highest BCUT2D eigenvalue weighted by molar-refractivity contribution is 5.96. The molecule has 14 nitrogen and oxygen atoms in total. The van der Waals surface area contributed by atoms with Crippen LogP contribution in [0.3, 0.4) is 0 Å². The Morgan fingerprint density at radius 2 is 0.923 bits per heavy atom. The van der Waals surface area contributed by atoms with E-state index in [1.807, 2.05) is 112 Å². The fourth-order valence-corrected chi connectivity index (χ4v) is 13.4. The lowest BCUT2D eigenvalue weighted by molar-refractivity contribution is -0.138. The minimum absolute atomic E-state index is 0.00585. The maximum atomic E-state index is 13.7. The Morgan fingerprint density at radius 1 is 0.513 bits per heavy atom. The SMILES string of the molecule is CCn1nnc2c(C)c([C@@H](CC(=O)O)c3ccc4c(c3)C3CCC(C4)N3C(=O)c3ccc(C)c(C)c3)ccc21.CCn1nnc2c(C)c([C@H](CC(=O)O)c3ccc4c(c3)C3CCC(C4)N3C(=O)c3ccc(C)c(C)c3)ccc21. The van der Waals surface area contributed by atoms with Crippen LogP contribution in [0.25, 0.3) is 22.1 Å². The van der Waals surface area contributed by atoms with E-state index in [4.69, 9.17) is 0 Å². The lowest BCUT2D eigenvalue weighted by atomic mass is 9.82. The zero-order valence-corrected chi connectivity index (χ0v) is 45.9. The van der Waals surface area contributed by atoms with Gasteiger partial charge in [0.05, 0.1) is 36.0 Å². The molecule has 4 bridgehead atoms. The average Bonchev–Trinajstić information content (AvgIpc) is 4.29. The molecule has 2 N–H and O–H groups in total. The second kappa shape index (κ2) is 20.8. The number of hydrogen-bond donors (Lipinski definition) is 2. The largest absolute Gasteiger partial charge is 0.481 e. The lowest BCUT2D eigenvalue weighted by Crippen LogP contribution is -2.42. The molecule has 78 heavy (non-hydrogen) atoms. The van der Waals surface area contributed by atoms with Crippen LogP contribution in [0, 0.1) is 41.5 Å². The molecule has 4 aliphatic heterocycles. The van der Waals surface area contributed by atoms with E-state index >= 15 is 0 Å². The number of aromatic nitrogens is 6. The van der Waals surface area contributed by atoms with Crippen molar-refractivity contribution < 1.29 is 29.4 Å². The van der Waals surface area contributed by atoms with Crippen LogP contribution in [0.5, 0.6) is 0 Å². The fraction of sp³-hybridized carbons (Fsp3) is 0.375. The van der Waals surface area contributed by atoms with Gasteiger partial charge < -0.3 is 20.0 Å². The Hall–Kier alpha value is -8.00. The number of carboxylic acid groups (broad SMARTS) is 2. The number of aryl methyl sites for hydroxylation is 8. The second-order valence-corrected chi connectivity index (χ2v) is 22.2. The first-order valence-corrected chi connectivity index (χ1v) is 27.7. The standard InChI is InChI=1S/2C32H34N4O3/c2*1-5-35-29-13-11-25(20(4)31(29)33-34-35)26(17-30(37)38)22-9-8-21-15-24-10-12-28(27(21)16-22)36(24)32(39)23-7-6-18(2)19(3)14-23/h2*6-9,11,13-14,16,24,26,28H,5,10,12,15,17H2,1-4H3,(H,37,38)/t2*24?,26-,28?/m10/s1. The molecule has 400 valence electrons. The van der Waals surface area contributed by atoms with Gasteiger partial charge in [-0.2, -0.15) is 0 Å². The molecular weight excluding hydrogens is 977 g/mol.